The number of carbonyl (C=O) groups is 2. The van der Waals surface area contributed by atoms with E-state index in [1.165, 1.54) is 0 Å². The second kappa shape index (κ2) is 3.95. The highest BCUT2D eigenvalue weighted by molar-refractivity contribution is 5.88. The minimum absolute atomic E-state index is 0.450. The largest absolute Gasteiger partial charge is 0.479 e. The quantitative estimate of drug-likeness (QED) is 0.780. The lowest BCUT2D eigenvalue weighted by Gasteiger charge is -2.32. The van der Waals surface area contributed by atoms with Crippen LogP contribution in [0, 0.1) is 5.92 Å². The summed E-state index contributed by atoms with van der Waals surface area (Å²) in [6, 6.07) is 0. The number of amides is 1. The van der Waals surface area contributed by atoms with E-state index in [0.29, 0.717) is 19.8 Å². The number of halogens is 3. The van der Waals surface area contributed by atoms with Crippen molar-refractivity contribution < 1.29 is 27.9 Å². The molecule has 1 rings (SSSR count). The van der Waals surface area contributed by atoms with Crippen molar-refractivity contribution in [1.82, 2.24) is 5.32 Å². The van der Waals surface area contributed by atoms with Gasteiger partial charge in [0.2, 0.25) is 11.4 Å². The van der Waals surface area contributed by atoms with Crippen molar-refractivity contribution in [3.05, 3.63) is 0 Å². The summed E-state index contributed by atoms with van der Waals surface area (Å²) >= 11 is 0. The molecule has 1 aliphatic carbocycles. The van der Waals surface area contributed by atoms with E-state index in [0.717, 1.165) is 6.42 Å². The molecule has 16 heavy (non-hydrogen) atoms. The van der Waals surface area contributed by atoms with Crippen LogP contribution in [0.5, 0.6) is 0 Å². The van der Waals surface area contributed by atoms with E-state index in [1.54, 1.807) is 5.32 Å². The third kappa shape index (κ3) is 2.12. The summed E-state index contributed by atoms with van der Waals surface area (Å²) in [6.07, 6.45) is -3.20. The van der Waals surface area contributed by atoms with Crippen LogP contribution >= 0.6 is 0 Å². The molecule has 0 aromatic rings. The molecule has 7 heteroatoms. The minimum atomic E-state index is -5.02. The molecule has 92 valence electrons. The number of hydrogen-bond acceptors (Lipinski definition) is 2. The van der Waals surface area contributed by atoms with Gasteiger partial charge in [-0.1, -0.05) is 6.42 Å². The predicted octanol–water partition coefficient (Wildman–Crippen LogP) is 1.31. The van der Waals surface area contributed by atoms with Gasteiger partial charge in [-0.2, -0.15) is 13.2 Å². The van der Waals surface area contributed by atoms with Gasteiger partial charge in [0.25, 0.3) is 0 Å². The fourth-order valence-corrected chi connectivity index (χ4v) is 1.26. The third-order valence-electron chi connectivity index (χ3n) is 2.84. The highest BCUT2D eigenvalue weighted by atomic mass is 19.4. The second-order valence-corrected chi connectivity index (χ2v) is 4.04. The lowest BCUT2D eigenvalue weighted by atomic mass is 9.84. The zero-order valence-corrected chi connectivity index (χ0v) is 8.60. The van der Waals surface area contributed by atoms with Gasteiger partial charge in [0.1, 0.15) is 0 Å². The zero-order chi connectivity index (χ0) is 12.6. The van der Waals surface area contributed by atoms with E-state index in [9.17, 15) is 22.8 Å². The molecule has 0 aromatic carbocycles. The molecule has 1 saturated carbocycles. The topological polar surface area (TPSA) is 66.4 Å². The molecule has 1 amide bonds. The third-order valence-corrected chi connectivity index (χ3v) is 2.84. The van der Waals surface area contributed by atoms with E-state index in [2.05, 4.69) is 0 Å². The van der Waals surface area contributed by atoms with Crippen LogP contribution < -0.4 is 5.32 Å². The molecular formula is C9H12F3NO3. The Morgan fingerprint density at radius 1 is 1.31 bits per heavy atom. The molecule has 0 bridgehead atoms. The highest BCUT2D eigenvalue weighted by Gasteiger charge is 2.58. The molecule has 1 atom stereocenters. The van der Waals surface area contributed by atoms with E-state index < -0.39 is 29.5 Å². The second-order valence-electron chi connectivity index (χ2n) is 4.04. The predicted molar refractivity (Wildman–Crippen MR) is 47.6 cm³/mol. The first-order chi connectivity index (χ1) is 7.18. The molecule has 0 spiro atoms. The molecule has 1 unspecified atom stereocenters. The van der Waals surface area contributed by atoms with Gasteiger partial charge in [0.15, 0.2) is 0 Å². The van der Waals surface area contributed by atoms with Gasteiger partial charge in [0.05, 0.1) is 0 Å². The molecule has 0 radical (unpaired) electrons. The Hall–Kier alpha value is -1.27. The fraction of sp³-hybridized carbons (Fsp3) is 0.778. The summed E-state index contributed by atoms with van der Waals surface area (Å²) in [6.45, 7) is 0.450. The zero-order valence-electron chi connectivity index (χ0n) is 8.60. The first-order valence-electron chi connectivity index (χ1n) is 4.80. The van der Waals surface area contributed by atoms with Crippen LogP contribution in [-0.2, 0) is 9.59 Å². The lowest BCUT2D eigenvalue weighted by Crippen LogP contribution is -2.63. The molecule has 1 aliphatic rings. The molecule has 0 aliphatic heterocycles. The van der Waals surface area contributed by atoms with E-state index in [1.807, 2.05) is 0 Å². The molecule has 0 heterocycles. The number of nitrogens with one attached hydrogen (secondary N) is 1. The van der Waals surface area contributed by atoms with Gasteiger partial charge in [-0.3, -0.25) is 4.79 Å². The number of aliphatic carboxylic acids is 1. The van der Waals surface area contributed by atoms with Gasteiger partial charge in [-0.25, -0.2) is 4.79 Å². The maximum atomic E-state index is 12.5. The van der Waals surface area contributed by atoms with Crippen molar-refractivity contribution in [2.45, 2.75) is 37.9 Å². The van der Waals surface area contributed by atoms with Gasteiger partial charge >= 0.3 is 12.1 Å². The fourth-order valence-electron chi connectivity index (χ4n) is 1.26. The monoisotopic (exact) mass is 239 g/mol. The normalized spacial score (nSPS) is 20.8. The van der Waals surface area contributed by atoms with Crippen molar-refractivity contribution in [3.8, 4) is 0 Å². The molecule has 0 saturated heterocycles. The van der Waals surface area contributed by atoms with Crippen LogP contribution in [0.1, 0.15) is 26.2 Å². The number of carboxylic acids is 1. The smallest absolute Gasteiger partial charge is 0.422 e. The maximum Gasteiger partial charge on any atom is 0.422 e. The van der Waals surface area contributed by atoms with Gasteiger partial charge in [0, 0.05) is 5.92 Å². The summed E-state index contributed by atoms with van der Waals surface area (Å²) in [5.74, 6) is -3.43. The first kappa shape index (κ1) is 12.8. The summed E-state index contributed by atoms with van der Waals surface area (Å²) in [5.41, 5.74) is -3.21. The molecule has 2 N–H and O–H groups in total. The van der Waals surface area contributed by atoms with Crippen LogP contribution in [0.25, 0.3) is 0 Å². The number of hydrogen-bond donors (Lipinski definition) is 2. The summed E-state index contributed by atoms with van der Waals surface area (Å²) in [4.78, 5) is 21.9. The maximum absolute atomic E-state index is 12.5. The molecule has 1 fully saturated rings. The first-order valence-corrected chi connectivity index (χ1v) is 4.80. The van der Waals surface area contributed by atoms with Crippen molar-refractivity contribution in [1.29, 1.82) is 0 Å². The summed E-state index contributed by atoms with van der Waals surface area (Å²) in [5, 5.41) is 10.1. The number of rotatable bonds is 3. The summed E-state index contributed by atoms with van der Waals surface area (Å²) in [7, 11) is 0. The lowest BCUT2D eigenvalue weighted by molar-refractivity contribution is -0.207. The van der Waals surface area contributed by atoms with Gasteiger partial charge in [-0.05, 0) is 19.8 Å². The number of carbonyl (C=O) groups excluding carboxylic acids is 1. The molecule has 4 nitrogen and oxygen atoms in total. The Morgan fingerprint density at radius 3 is 2.06 bits per heavy atom. The van der Waals surface area contributed by atoms with Crippen molar-refractivity contribution in [2.24, 2.45) is 5.92 Å². The number of carboxylic acid groups (broad SMARTS) is 1. The van der Waals surface area contributed by atoms with Crippen LogP contribution in [0.15, 0.2) is 0 Å². The van der Waals surface area contributed by atoms with Crippen molar-refractivity contribution in [2.75, 3.05) is 0 Å². The highest BCUT2D eigenvalue weighted by Crippen LogP contribution is 2.33. The Kier molecular flexibility index (Phi) is 3.16. The molecule has 0 aromatic heterocycles. The standard InChI is InChI=1S/C9H12F3NO3/c1-8(7(15)16,9(10,11)12)13-6(14)5-3-2-4-5/h5H,2-4H2,1H3,(H,13,14)(H,15,16). The number of alkyl halides is 3. The summed E-state index contributed by atoms with van der Waals surface area (Å²) < 4.78 is 37.5. The van der Waals surface area contributed by atoms with Gasteiger partial charge < -0.3 is 10.4 Å². The van der Waals surface area contributed by atoms with E-state index in [4.69, 9.17) is 5.11 Å². The average Bonchev–Trinajstić information content (AvgIpc) is 1.97. The van der Waals surface area contributed by atoms with Crippen LogP contribution in [0.4, 0.5) is 13.2 Å². The Bertz CT molecular complexity index is 312. The SMILES string of the molecule is CC(NC(=O)C1CCC1)(C(=O)O)C(F)(F)F. The van der Waals surface area contributed by atoms with Crippen molar-refractivity contribution >= 4 is 11.9 Å². The van der Waals surface area contributed by atoms with Crippen molar-refractivity contribution in [3.63, 3.8) is 0 Å². The van der Waals surface area contributed by atoms with E-state index >= 15 is 0 Å². The van der Waals surface area contributed by atoms with Crippen LogP contribution in [0.3, 0.4) is 0 Å². The Balaban J connectivity index is 2.79. The van der Waals surface area contributed by atoms with Gasteiger partial charge in [-0.15, -0.1) is 0 Å². The van der Waals surface area contributed by atoms with Crippen LogP contribution in [0.2, 0.25) is 0 Å². The Labute approximate surface area is 89.8 Å². The minimum Gasteiger partial charge on any atom is -0.479 e. The Morgan fingerprint density at radius 2 is 1.81 bits per heavy atom. The van der Waals surface area contributed by atoms with Crippen LogP contribution in [-0.4, -0.2) is 28.7 Å². The molecular weight excluding hydrogens is 227 g/mol. The van der Waals surface area contributed by atoms with E-state index in [-0.39, 0.29) is 0 Å². The average molecular weight is 239 g/mol.